The highest BCUT2D eigenvalue weighted by molar-refractivity contribution is 5.85. The van der Waals surface area contributed by atoms with Gasteiger partial charge in [0, 0.05) is 43.0 Å². The van der Waals surface area contributed by atoms with Crippen molar-refractivity contribution in [1.29, 1.82) is 0 Å². The maximum atomic E-state index is 11.8. The number of fused-ring (bicyclic) bond motifs is 1. The van der Waals surface area contributed by atoms with Crippen molar-refractivity contribution < 1.29 is 4.79 Å². The molecule has 2 aliphatic heterocycles. The molecule has 1 aromatic carbocycles. The molecular formula is C20H27N5O. The summed E-state index contributed by atoms with van der Waals surface area (Å²) in [5.74, 6) is 0.837. The summed E-state index contributed by atoms with van der Waals surface area (Å²) in [6.45, 7) is 3.95. The SMILES string of the molecule is CNC(=O)C1CCN(c2ccc3c(C4CCNCC4)ncnc3c2)CC1. The van der Waals surface area contributed by atoms with E-state index in [4.69, 9.17) is 0 Å². The molecule has 6 heteroatoms. The molecule has 0 unspecified atom stereocenters. The number of hydrogen-bond acceptors (Lipinski definition) is 5. The number of aromatic nitrogens is 2. The van der Waals surface area contributed by atoms with Crippen molar-refractivity contribution in [1.82, 2.24) is 20.6 Å². The summed E-state index contributed by atoms with van der Waals surface area (Å²) in [7, 11) is 1.72. The van der Waals surface area contributed by atoms with Crippen molar-refractivity contribution in [2.75, 3.05) is 38.1 Å². The predicted octanol–water partition coefficient (Wildman–Crippen LogP) is 2.06. The van der Waals surface area contributed by atoms with Crippen molar-refractivity contribution in [3.8, 4) is 0 Å². The van der Waals surface area contributed by atoms with Crippen LogP contribution in [0.4, 0.5) is 5.69 Å². The third-order valence-electron chi connectivity index (χ3n) is 5.85. The first-order valence-corrected chi connectivity index (χ1v) is 9.68. The van der Waals surface area contributed by atoms with Crippen LogP contribution in [0.15, 0.2) is 24.5 Å². The van der Waals surface area contributed by atoms with Crippen molar-refractivity contribution >= 4 is 22.5 Å². The van der Waals surface area contributed by atoms with E-state index in [1.807, 2.05) is 0 Å². The molecule has 4 rings (SSSR count). The lowest BCUT2D eigenvalue weighted by molar-refractivity contribution is -0.125. The first-order valence-electron chi connectivity index (χ1n) is 9.68. The van der Waals surface area contributed by atoms with Crippen molar-refractivity contribution in [2.45, 2.75) is 31.6 Å². The average molecular weight is 353 g/mol. The van der Waals surface area contributed by atoms with E-state index in [-0.39, 0.29) is 11.8 Å². The van der Waals surface area contributed by atoms with Crippen LogP contribution >= 0.6 is 0 Å². The van der Waals surface area contributed by atoms with Gasteiger partial charge < -0.3 is 15.5 Å². The van der Waals surface area contributed by atoms with Crippen molar-refractivity contribution in [3.63, 3.8) is 0 Å². The van der Waals surface area contributed by atoms with Gasteiger partial charge in [0.15, 0.2) is 0 Å². The molecule has 0 bridgehead atoms. The zero-order chi connectivity index (χ0) is 17.9. The summed E-state index contributed by atoms with van der Waals surface area (Å²) in [6, 6.07) is 6.56. The molecule has 2 aromatic rings. The van der Waals surface area contributed by atoms with Crippen molar-refractivity contribution in [3.05, 3.63) is 30.2 Å². The standard InChI is InChI=1S/C20H27N5O/c1-21-20(26)15-6-10-25(11-7-15)16-2-3-17-18(12-16)23-13-24-19(17)14-4-8-22-9-5-14/h2-3,12-15,22H,4-11H2,1H3,(H,21,26). The fourth-order valence-corrected chi connectivity index (χ4v) is 4.29. The zero-order valence-corrected chi connectivity index (χ0v) is 15.4. The van der Waals surface area contributed by atoms with Crippen LogP contribution in [-0.2, 0) is 4.79 Å². The van der Waals surface area contributed by atoms with Gasteiger partial charge in [-0.3, -0.25) is 4.79 Å². The largest absolute Gasteiger partial charge is 0.371 e. The average Bonchev–Trinajstić information content (AvgIpc) is 2.73. The van der Waals surface area contributed by atoms with Gasteiger partial charge in [-0.15, -0.1) is 0 Å². The number of piperidine rings is 2. The van der Waals surface area contributed by atoms with Crippen LogP contribution in [0.5, 0.6) is 0 Å². The van der Waals surface area contributed by atoms with Gasteiger partial charge in [0.1, 0.15) is 6.33 Å². The Balaban J connectivity index is 1.54. The quantitative estimate of drug-likeness (QED) is 0.884. The number of benzene rings is 1. The van der Waals surface area contributed by atoms with E-state index in [0.29, 0.717) is 5.92 Å². The second-order valence-corrected chi connectivity index (χ2v) is 7.36. The number of nitrogens with zero attached hydrogens (tertiary/aromatic N) is 3. The van der Waals surface area contributed by atoms with E-state index in [2.05, 4.69) is 43.7 Å². The maximum Gasteiger partial charge on any atom is 0.222 e. The molecule has 138 valence electrons. The van der Waals surface area contributed by atoms with Crippen LogP contribution in [0.3, 0.4) is 0 Å². The molecule has 2 fully saturated rings. The number of amides is 1. The normalized spacial score (nSPS) is 19.7. The molecular weight excluding hydrogens is 326 g/mol. The number of anilines is 1. The zero-order valence-electron chi connectivity index (χ0n) is 15.4. The van der Waals surface area contributed by atoms with Gasteiger partial charge in [-0.1, -0.05) is 0 Å². The second kappa shape index (κ2) is 7.58. The lowest BCUT2D eigenvalue weighted by atomic mass is 9.91. The minimum Gasteiger partial charge on any atom is -0.371 e. The topological polar surface area (TPSA) is 70.2 Å². The highest BCUT2D eigenvalue weighted by atomic mass is 16.1. The minimum atomic E-state index is 0.144. The Hall–Kier alpha value is -2.21. The van der Waals surface area contributed by atoms with Gasteiger partial charge in [-0.2, -0.15) is 0 Å². The molecule has 0 aliphatic carbocycles. The number of hydrogen-bond donors (Lipinski definition) is 2. The van der Waals surface area contributed by atoms with Gasteiger partial charge in [-0.05, 0) is 57.0 Å². The van der Waals surface area contributed by atoms with Crippen LogP contribution in [0.1, 0.15) is 37.3 Å². The Morgan fingerprint density at radius 2 is 1.92 bits per heavy atom. The number of nitrogens with one attached hydrogen (secondary N) is 2. The molecule has 2 N–H and O–H groups in total. The highest BCUT2D eigenvalue weighted by Crippen LogP contribution is 2.31. The molecule has 1 aromatic heterocycles. The van der Waals surface area contributed by atoms with Crippen LogP contribution in [0, 0.1) is 5.92 Å². The number of rotatable bonds is 3. The van der Waals surface area contributed by atoms with E-state index >= 15 is 0 Å². The molecule has 1 amide bonds. The van der Waals surface area contributed by atoms with Gasteiger partial charge in [0.05, 0.1) is 11.2 Å². The molecule has 0 spiro atoms. The Labute approximate surface area is 154 Å². The van der Waals surface area contributed by atoms with Crippen LogP contribution in [0.2, 0.25) is 0 Å². The lowest BCUT2D eigenvalue weighted by Gasteiger charge is -2.33. The summed E-state index contributed by atoms with van der Waals surface area (Å²) < 4.78 is 0. The smallest absolute Gasteiger partial charge is 0.222 e. The monoisotopic (exact) mass is 353 g/mol. The summed E-state index contributed by atoms with van der Waals surface area (Å²) in [4.78, 5) is 23.3. The molecule has 3 heterocycles. The van der Waals surface area contributed by atoms with Crippen LogP contribution in [-0.4, -0.2) is 49.1 Å². The summed E-state index contributed by atoms with van der Waals surface area (Å²) in [6.07, 6.45) is 5.80. The minimum absolute atomic E-state index is 0.144. The third kappa shape index (κ3) is 3.38. The van der Waals surface area contributed by atoms with E-state index in [1.165, 1.54) is 16.8 Å². The lowest BCUT2D eigenvalue weighted by Crippen LogP contribution is -2.39. The Morgan fingerprint density at radius 1 is 1.15 bits per heavy atom. The molecule has 2 aliphatic rings. The third-order valence-corrected chi connectivity index (χ3v) is 5.85. The number of carbonyl (C=O) groups excluding carboxylic acids is 1. The Bertz CT molecular complexity index is 779. The van der Waals surface area contributed by atoms with Gasteiger partial charge in [0.2, 0.25) is 5.91 Å². The first kappa shape index (κ1) is 17.2. The molecule has 2 saturated heterocycles. The molecule has 6 nitrogen and oxygen atoms in total. The predicted molar refractivity (Wildman–Crippen MR) is 103 cm³/mol. The fourth-order valence-electron chi connectivity index (χ4n) is 4.29. The van der Waals surface area contributed by atoms with E-state index in [0.717, 1.165) is 57.4 Å². The van der Waals surface area contributed by atoms with Crippen LogP contribution < -0.4 is 15.5 Å². The molecule has 26 heavy (non-hydrogen) atoms. The maximum absolute atomic E-state index is 11.8. The van der Waals surface area contributed by atoms with Gasteiger partial charge in [-0.25, -0.2) is 9.97 Å². The molecule has 0 atom stereocenters. The van der Waals surface area contributed by atoms with E-state index in [1.54, 1.807) is 13.4 Å². The number of carbonyl (C=O) groups is 1. The Kier molecular flexibility index (Phi) is 5.02. The Morgan fingerprint density at radius 3 is 2.65 bits per heavy atom. The van der Waals surface area contributed by atoms with Gasteiger partial charge in [0.25, 0.3) is 0 Å². The van der Waals surface area contributed by atoms with E-state index in [9.17, 15) is 4.79 Å². The first-order chi connectivity index (χ1) is 12.8. The van der Waals surface area contributed by atoms with E-state index < -0.39 is 0 Å². The van der Waals surface area contributed by atoms with Crippen molar-refractivity contribution in [2.24, 2.45) is 5.92 Å². The van der Waals surface area contributed by atoms with Gasteiger partial charge >= 0.3 is 0 Å². The summed E-state index contributed by atoms with van der Waals surface area (Å²) in [5.41, 5.74) is 3.42. The second-order valence-electron chi connectivity index (χ2n) is 7.36. The van der Waals surface area contributed by atoms with Crippen LogP contribution in [0.25, 0.3) is 10.9 Å². The fraction of sp³-hybridized carbons (Fsp3) is 0.550. The molecule has 0 radical (unpaired) electrons. The summed E-state index contributed by atoms with van der Waals surface area (Å²) >= 11 is 0. The highest BCUT2D eigenvalue weighted by Gasteiger charge is 2.25. The molecule has 0 saturated carbocycles. The summed E-state index contributed by atoms with van der Waals surface area (Å²) in [5, 5.41) is 7.38.